The molecule has 0 bridgehead atoms. The van der Waals surface area contributed by atoms with Crippen molar-refractivity contribution in [2.24, 2.45) is 0 Å². The summed E-state index contributed by atoms with van der Waals surface area (Å²) in [5.41, 5.74) is 0.251. The number of carboxylic acid groups (broad SMARTS) is 1. The van der Waals surface area contributed by atoms with Gasteiger partial charge in [0.15, 0.2) is 6.61 Å². The summed E-state index contributed by atoms with van der Waals surface area (Å²) in [6.45, 7) is -0.544. The maximum absolute atomic E-state index is 10.4. The number of nitriles is 1. The highest BCUT2D eigenvalue weighted by molar-refractivity contribution is 5.68. The van der Waals surface area contributed by atoms with Gasteiger partial charge in [-0.25, -0.2) is 4.79 Å². The van der Waals surface area contributed by atoms with E-state index in [1.807, 2.05) is 0 Å². The molecular formula is C12H13NO5. The molecule has 6 heteroatoms. The highest BCUT2D eigenvalue weighted by Gasteiger charge is 2.21. The third kappa shape index (κ3) is 3.73. The second kappa shape index (κ2) is 6.59. The molecule has 6 nitrogen and oxygen atoms in total. The number of aliphatic carboxylic acids is 1. The van der Waals surface area contributed by atoms with E-state index in [-0.39, 0.29) is 17.7 Å². The van der Waals surface area contributed by atoms with Crippen molar-refractivity contribution in [2.45, 2.75) is 18.6 Å². The number of carbonyl (C=O) groups is 1. The Bertz CT molecular complexity index is 454. The first kappa shape index (κ1) is 14.0. The van der Waals surface area contributed by atoms with E-state index in [2.05, 4.69) is 0 Å². The quantitative estimate of drug-likeness (QED) is 0.677. The highest BCUT2D eigenvalue weighted by atomic mass is 16.5. The smallest absolute Gasteiger partial charge is 0.341 e. The Balaban J connectivity index is 2.87. The first-order valence-corrected chi connectivity index (χ1v) is 5.23. The molecule has 0 aromatic heterocycles. The van der Waals surface area contributed by atoms with Crippen LogP contribution in [0.2, 0.25) is 0 Å². The Morgan fingerprint density at radius 1 is 1.39 bits per heavy atom. The molecular weight excluding hydrogens is 238 g/mol. The van der Waals surface area contributed by atoms with Crippen LogP contribution < -0.4 is 4.74 Å². The van der Waals surface area contributed by atoms with Crippen LogP contribution in [0.4, 0.5) is 0 Å². The van der Waals surface area contributed by atoms with Crippen molar-refractivity contribution in [3.63, 3.8) is 0 Å². The van der Waals surface area contributed by atoms with Crippen molar-refractivity contribution in [2.75, 3.05) is 6.61 Å². The summed E-state index contributed by atoms with van der Waals surface area (Å²) in [7, 11) is 0. The van der Waals surface area contributed by atoms with Crippen LogP contribution in [0.15, 0.2) is 24.3 Å². The van der Waals surface area contributed by atoms with Gasteiger partial charge in [0.1, 0.15) is 11.9 Å². The zero-order chi connectivity index (χ0) is 13.5. The van der Waals surface area contributed by atoms with Gasteiger partial charge in [0.25, 0.3) is 0 Å². The van der Waals surface area contributed by atoms with Crippen LogP contribution in [-0.4, -0.2) is 34.0 Å². The molecule has 96 valence electrons. The average molecular weight is 251 g/mol. The first-order valence-electron chi connectivity index (χ1n) is 5.23. The molecule has 0 spiro atoms. The van der Waals surface area contributed by atoms with E-state index in [1.165, 1.54) is 12.1 Å². The monoisotopic (exact) mass is 251 g/mol. The molecule has 0 aliphatic rings. The third-order valence-corrected chi connectivity index (χ3v) is 2.25. The van der Waals surface area contributed by atoms with Gasteiger partial charge in [-0.1, -0.05) is 18.2 Å². The lowest BCUT2D eigenvalue weighted by atomic mass is 10.0. The number of aliphatic hydroxyl groups excluding tert-OH is 2. The zero-order valence-electron chi connectivity index (χ0n) is 9.48. The number of nitrogens with zero attached hydrogens (tertiary/aromatic N) is 1. The van der Waals surface area contributed by atoms with Crippen LogP contribution in [-0.2, 0) is 4.79 Å². The lowest BCUT2D eigenvalue weighted by Gasteiger charge is -2.18. The lowest BCUT2D eigenvalue weighted by Crippen LogP contribution is -2.19. The molecule has 3 N–H and O–H groups in total. The van der Waals surface area contributed by atoms with E-state index in [0.717, 1.165) is 0 Å². The molecule has 0 amide bonds. The van der Waals surface area contributed by atoms with Crippen LogP contribution in [0.3, 0.4) is 0 Å². The number of hydrogen-bond acceptors (Lipinski definition) is 5. The number of hydrogen-bond donors (Lipinski definition) is 3. The Kier molecular flexibility index (Phi) is 5.11. The van der Waals surface area contributed by atoms with E-state index < -0.39 is 24.8 Å². The van der Waals surface area contributed by atoms with Crippen LogP contribution in [0.25, 0.3) is 0 Å². The minimum atomic E-state index is -1.30. The van der Waals surface area contributed by atoms with Crippen molar-refractivity contribution < 1.29 is 24.9 Å². The summed E-state index contributed by atoms with van der Waals surface area (Å²) in [5.74, 6) is -0.971. The van der Waals surface area contributed by atoms with Gasteiger partial charge in [-0.3, -0.25) is 0 Å². The number of benzene rings is 1. The molecule has 1 aromatic carbocycles. The molecule has 0 fully saturated rings. The summed E-state index contributed by atoms with van der Waals surface area (Å²) in [6, 6.07) is 7.96. The second-order valence-corrected chi connectivity index (χ2v) is 3.59. The van der Waals surface area contributed by atoms with Crippen LogP contribution >= 0.6 is 0 Å². The van der Waals surface area contributed by atoms with E-state index in [9.17, 15) is 15.0 Å². The molecule has 2 atom stereocenters. The summed E-state index contributed by atoms with van der Waals surface area (Å²) in [5, 5.41) is 36.3. The SMILES string of the molecule is N#CCC(O)C(O)c1ccccc1OCC(=O)O. The molecule has 0 aliphatic carbocycles. The van der Waals surface area contributed by atoms with E-state index in [1.54, 1.807) is 18.2 Å². The molecule has 0 saturated heterocycles. The molecule has 0 saturated carbocycles. The van der Waals surface area contributed by atoms with Crippen molar-refractivity contribution in [1.82, 2.24) is 0 Å². The number of rotatable bonds is 6. The highest BCUT2D eigenvalue weighted by Crippen LogP contribution is 2.28. The zero-order valence-corrected chi connectivity index (χ0v) is 9.48. The van der Waals surface area contributed by atoms with Gasteiger partial charge in [-0.05, 0) is 6.07 Å². The predicted octanol–water partition coefficient (Wildman–Crippen LogP) is 0.458. The molecule has 1 rings (SSSR count). The molecule has 0 heterocycles. The van der Waals surface area contributed by atoms with Gasteiger partial charge >= 0.3 is 5.97 Å². The van der Waals surface area contributed by atoms with Crippen molar-refractivity contribution >= 4 is 5.97 Å². The van der Waals surface area contributed by atoms with E-state index in [0.29, 0.717) is 0 Å². The largest absolute Gasteiger partial charge is 0.482 e. The maximum Gasteiger partial charge on any atom is 0.341 e. The molecule has 18 heavy (non-hydrogen) atoms. The predicted molar refractivity (Wildman–Crippen MR) is 60.8 cm³/mol. The van der Waals surface area contributed by atoms with Gasteiger partial charge in [0.2, 0.25) is 0 Å². The standard InChI is InChI=1S/C12H13NO5/c13-6-5-9(14)12(17)8-3-1-2-4-10(8)18-7-11(15)16/h1-4,9,12,14,17H,5,7H2,(H,15,16). The van der Waals surface area contributed by atoms with Crippen LogP contribution in [0, 0.1) is 11.3 Å². The Hall–Kier alpha value is -2.10. The lowest BCUT2D eigenvalue weighted by molar-refractivity contribution is -0.139. The van der Waals surface area contributed by atoms with Gasteiger partial charge in [-0.2, -0.15) is 5.26 Å². The number of aliphatic hydroxyl groups is 2. The van der Waals surface area contributed by atoms with Gasteiger partial charge < -0.3 is 20.1 Å². The summed E-state index contributed by atoms with van der Waals surface area (Å²) in [4.78, 5) is 10.4. The number of ether oxygens (including phenoxy) is 1. The minimum absolute atomic E-state index is 0.171. The topological polar surface area (TPSA) is 111 Å². The Labute approximate surface area is 104 Å². The Morgan fingerprint density at radius 2 is 2.06 bits per heavy atom. The van der Waals surface area contributed by atoms with Crippen LogP contribution in [0.1, 0.15) is 18.1 Å². The molecule has 2 unspecified atom stereocenters. The van der Waals surface area contributed by atoms with Crippen molar-refractivity contribution in [1.29, 1.82) is 5.26 Å². The maximum atomic E-state index is 10.4. The van der Waals surface area contributed by atoms with Crippen molar-refractivity contribution in [3.8, 4) is 11.8 Å². The fourth-order valence-electron chi connectivity index (χ4n) is 1.41. The van der Waals surface area contributed by atoms with Gasteiger partial charge in [0, 0.05) is 5.56 Å². The summed E-state index contributed by atoms with van der Waals surface area (Å²) >= 11 is 0. The van der Waals surface area contributed by atoms with Crippen molar-refractivity contribution in [3.05, 3.63) is 29.8 Å². The number of carboxylic acids is 1. The second-order valence-electron chi connectivity index (χ2n) is 3.59. The third-order valence-electron chi connectivity index (χ3n) is 2.25. The van der Waals surface area contributed by atoms with E-state index in [4.69, 9.17) is 15.1 Å². The van der Waals surface area contributed by atoms with Gasteiger partial charge in [-0.15, -0.1) is 0 Å². The van der Waals surface area contributed by atoms with E-state index >= 15 is 0 Å². The first-order chi connectivity index (χ1) is 8.56. The fraction of sp³-hybridized carbons (Fsp3) is 0.333. The molecule has 1 aromatic rings. The normalized spacial score (nSPS) is 13.4. The van der Waals surface area contributed by atoms with Gasteiger partial charge in [0.05, 0.1) is 18.6 Å². The summed E-state index contributed by atoms with van der Waals surface area (Å²) in [6.07, 6.45) is -2.77. The Morgan fingerprint density at radius 3 is 2.67 bits per heavy atom. The fourth-order valence-corrected chi connectivity index (χ4v) is 1.41. The van der Waals surface area contributed by atoms with Crippen LogP contribution in [0.5, 0.6) is 5.75 Å². The molecule has 0 aliphatic heterocycles. The summed E-state index contributed by atoms with van der Waals surface area (Å²) < 4.78 is 4.99. The number of para-hydroxylation sites is 1. The minimum Gasteiger partial charge on any atom is -0.482 e. The molecule has 0 radical (unpaired) electrons. The average Bonchev–Trinajstić information content (AvgIpc) is 2.36.